The zero-order valence-corrected chi connectivity index (χ0v) is 17.1. The number of nitrogens with zero attached hydrogens (tertiary/aromatic N) is 1. The summed E-state index contributed by atoms with van der Waals surface area (Å²) in [6, 6.07) is 14.0. The fraction of sp³-hybridized carbons (Fsp3) is 0.227. The first-order valence-electron chi connectivity index (χ1n) is 9.35. The zero-order valence-electron chi connectivity index (χ0n) is 16.3. The molecule has 2 N–H and O–H groups in total. The molecule has 0 aliphatic heterocycles. The Kier molecular flexibility index (Phi) is 6.81. The second-order valence-electron chi connectivity index (χ2n) is 6.93. The number of rotatable bonds is 8. The normalized spacial score (nSPS) is 13.6. The molecule has 0 radical (unpaired) electrons. The van der Waals surface area contributed by atoms with E-state index < -0.39 is 33.0 Å². The first kappa shape index (κ1) is 21.9. The average molecular weight is 431 g/mol. The Bertz CT molecular complexity index is 1090. The second-order valence-corrected chi connectivity index (χ2v) is 8.32. The number of aliphatic hydroxyl groups is 1. The van der Waals surface area contributed by atoms with Crippen LogP contribution < -0.4 is 4.74 Å². The SMILES string of the molecule is CC(Oc1ccc(-c2ccc(F)c(S(=O)(=O)O)c2)cc1)C(O)CCc1cccnc1. The summed E-state index contributed by atoms with van der Waals surface area (Å²) in [6.45, 7) is 1.78. The van der Waals surface area contributed by atoms with Crippen LogP contribution in [0.2, 0.25) is 0 Å². The Morgan fingerprint density at radius 3 is 2.43 bits per heavy atom. The maximum atomic E-state index is 13.6. The van der Waals surface area contributed by atoms with E-state index in [9.17, 15) is 17.9 Å². The van der Waals surface area contributed by atoms with Crippen molar-refractivity contribution in [3.05, 3.63) is 78.4 Å². The molecule has 0 saturated carbocycles. The number of aliphatic hydroxyl groups excluding tert-OH is 1. The molecule has 2 atom stereocenters. The fourth-order valence-corrected chi connectivity index (χ4v) is 3.59. The predicted octanol–water partition coefficient (Wildman–Crippen LogP) is 3.90. The summed E-state index contributed by atoms with van der Waals surface area (Å²) in [6.07, 6.45) is 3.56. The van der Waals surface area contributed by atoms with Gasteiger partial charge in [-0.25, -0.2) is 4.39 Å². The van der Waals surface area contributed by atoms with Crippen LogP contribution in [-0.4, -0.2) is 35.3 Å². The highest BCUT2D eigenvalue weighted by atomic mass is 32.2. The minimum Gasteiger partial charge on any atom is -0.488 e. The van der Waals surface area contributed by atoms with Gasteiger partial charge in [0.05, 0.1) is 6.10 Å². The standard InChI is InChI=1S/C22H22FNO5S/c1-15(21(25)11-4-16-3-2-12-24-14-16)29-19-8-5-17(6-9-19)18-7-10-20(23)22(13-18)30(26,27)28/h2-3,5-10,12-15,21,25H,4,11H2,1H3,(H,26,27,28). The van der Waals surface area contributed by atoms with Crippen LogP contribution >= 0.6 is 0 Å². The topological polar surface area (TPSA) is 96.7 Å². The lowest BCUT2D eigenvalue weighted by molar-refractivity contribution is 0.0420. The van der Waals surface area contributed by atoms with Crippen LogP contribution in [0, 0.1) is 5.82 Å². The summed E-state index contributed by atoms with van der Waals surface area (Å²) in [5.41, 5.74) is 2.09. The van der Waals surface area contributed by atoms with E-state index in [-0.39, 0.29) is 0 Å². The Balaban J connectivity index is 1.64. The number of pyridine rings is 1. The van der Waals surface area contributed by atoms with Gasteiger partial charge < -0.3 is 9.84 Å². The van der Waals surface area contributed by atoms with Crippen LogP contribution in [0.3, 0.4) is 0 Å². The van der Waals surface area contributed by atoms with Crippen LogP contribution in [0.15, 0.2) is 71.9 Å². The molecule has 0 bridgehead atoms. The smallest absolute Gasteiger partial charge is 0.297 e. The number of halogens is 1. The van der Waals surface area contributed by atoms with E-state index in [1.807, 2.05) is 12.1 Å². The van der Waals surface area contributed by atoms with Gasteiger partial charge in [-0.3, -0.25) is 9.54 Å². The molecule has 1 heterocycles. The summed E-state index contributed by atoms with van der Waals surface area (Å²) < 4.78 is 51.2. The van der Waals surface area contributed by atoms with Crippen LogP contribution in [-0.2, 0) is 16.5 Å². The average Bonchev–Trinajstić information content (AvgIpc) is 2.73. The zero-order chi connectivity index (χ0) is 21.7. The summed E-state index contributed by atoms with van der Waals surface area (Å²) in [4.78, 5) is 3.28. The molecule has 0 fully saturated rings. The molecular formula is C22H22FNO5S. The number of aryl methyl sites for hydroxylation is 1. The van der Waals surface area contributed by atoms with Crippen LogP contribution in [0.4, 0.5) is 4.39 Å². The van der Waals surface area contributed by atoms with Crippen LogP contribution in [0.25, 0.3) is 11.1 Å². The highest BCUT2D eigenvalue weighted by molar-refractivity contribution is 7.85. The van der Waals surface area contributed by atoms with Crippen molar-refractivity contribution in [3.8, 4) is 16.9 Å². The van der Waals surface area contributed by atoms with Gasteiger partial charge in [0, 0.05) is 12.4 Å². The minimum absolute atomic E-state index is 0.431. The molecule has 3 aromatic rings. The molecule has 0 aliphatic carbocycles. The van der Waals surface area contributed by atoms with Crippen molar-refractivity contribution in [1.29, 1.82) is 0 Å². The van der Waals surface area contributed by atoms with E-state index in [1.165, 1.54) is 6.07 Å². The molecule has 158 valence electrons. The summed E-state index contributed by atoms with van der Waals surface area (Å²) >= 11 is 0. The maximum Gasteiger partial charge on any atom is 0.297 e. The van der Waals surface area contributed by atoms with E-state index in [1.54, 1.807) is 43.6 Å². The van der Waals surface area contributed by atoms with E-state index in [2.05, 4.69) is 4.98 Å². The van der Waals surface area contributed by atoms with Crippen LogP contribution in [0.1, 0.15) is 18.9 Å². The van der Waals surface area contributed by atoms with Crippen molar-refractivity contribution in [2.75, 3.05) is 0 Å². The molecule has 1 aromatic heterocycles. The molecule has 0 amide bonds. The first-order valence-corrected chi connectivity index (χ1v) is 10.8. The van der Waals surface area contributed by atoms with Crippen molar-refractivity contribution in [2.45, 2.75) is 36.9 Å². The molecule has 6 nitrogen and oxygen atoms in total. The third kappa shape index (κ3) is 5.63. The lowest BCUT2D eigenvalue weighted by Gasteiger charge is -2.20. The number of hydrogen-bond acceptors (Lipinski definition) is 5. The molecular weight excluding hydrogens is 409 g/mol. The molecule has 8 heteroatoms. The van der Waals surface area contributed by atoms with Crippen molar-refractivity contribution < 1.29 is 27.2 Å². The lowest BCUT2D eigenvalue weighted by atomic mass is 10.0. The van der Waals surface area contributed by atoms with Gasteiger partial charge >= 0.3 is 0 Å². The molecule has 0 aliphatic rings. The number of benzene rings is 2. The third-order valence-electron chi connectivity index (χ3n) is 4.71. The number of ether oxygens (including phenoxy) is 1. The molecule has 30 heavy (non-hydrogen) atoms. The Labute approximate surface area is 174 Å². The Morgan fingerprint density at radius 1 is 1.10 bits per heavy atom. The van der Waals surface area contributed by atoms with Gasteiger partial charge in [-0.15, -0.1) is 0 Å². The predicted molar refractivity (Wildman–Crippen MR) is 110 cm³/mol. The van der Waals surface area contributed by atoms with E-state index in [0.717, 1.165) is 17.7 Å². The summed E-state index contributed by atoms with van der Waals surface area (Å²) in [5.74, 6) is -0.487. The van der Waals surface area contributed by atoms with Gasteiger partial charge in [-0.2, -0.15) is 8.42 Å². The van der Waals surface area contributed by atoms with E-state index in [0.29, 0.717) is 29.7 Å². The van der Waals surface area contributed by atoms with Gasteiger partial charge in [-0.05, 0) is 66.8 Å². The molecule has 2 aromatic carbocycles. The minimum atomic E-state index is -4.65. The van der Waals surface area contributed by atoms with Gasteiger partial charge in [0.15, 0.2) is 0 Å². The molecule has 2 unspecified atom stereocenters. The largest absolute Gasteiger partial charge is 0.488 e. The maximum absolute atomic E-state index is 13.6. The highest BCUT2D eigenvalue weighted by Gasteiger charge is 2.18. The molecule has 0 saturated heterocycles. The van der Waals surface area contributed by atoms with Crippen molar-refractivity contribution >= 4 is 10.1 Å². The van der Waals surface area contributed by atoms with E-state index in [4.69, 9.17) is 9.29 Å². The van der Waals surface area contributed by atoms with Crippen molar-refractivity contribution in [1.82, 2.24) is 4.98 Å². The molecule has 0 spiro atoms. The monoisotopic (exact) mass is 431 g/mol. The lowest BCUT2D eigenvalue weighted by Crippen LogP contribution is -2.29. The van der Waals surface area contributed by atoms with Gasteiger partial charge in [0.1, 0.15) is 22.6 Å². The fourth-order valence-electron chi connectivity index (χ4n) is 3.00. The van der Waals surface area contributed by atoms with Crippen molar-refractivity contribution in [3.63, 3.8) is 0 Å². The summed E-state index contributed by atoms with van der Waals surface area (Å²) in [7, 11) is -4.65. The summed E-state index contributed by atoms with van der Waals surface area (Å²) in [5, 5.41) is 10.3. The molecule has 3 rings (SSSR count). The Morgan fingerprint density at radius 2 is 1.80 bits per heavy atom. The quantitative estimate of drug-likeness (QED) is 0.525. The van der Waals surface area contributed by atoms with Gasteiger partial charge in [0.2, 0.25) is 0 Å². The third-order valence-corrected chi connectivity index (χ3v) is 5.58. The number of hydrogen-bond donors (Lipinski definition) is 2. The van der Waals surface area contributed by atoms with E-state index >= 15 is 0 Å². The van der Waals surface area contributed by atoms with Gasteiger partial charge in [0.25, 0.3) is 10.1 Å². The second kappa shape index (κ2) is 9.34. The highest BCUT2D eigenvalue weighted by Crippen LogP contribution is 2.27. The van der Waals surface area contributed by atoms with Crippen molar-refractivity contribution in [2.24, 2.45) is 0 Å². The number of aromatic nitrogens is 1. The Hall–Kier alpha value is -2.81. The van der Waals surface area contributed by atoms with Gasteiger partial charge in [-0.1, -0.05) is 24.3 Å². The first-order chi connectivity index (χ1) is 14.2. The van der Waals surface area contributed by atoms with Crippen LogP contribution in [0.5, 0.6) is 5.75 Å².